The molecule has 0 saturated heterocycles. The van der Waals surface area contributed by atoms with Crippen LogP contribution < -0.4 is 15.5 Å². The molecular weight excluding hydrogens is 402 g/mol. The van der Waals surface area contributed by atoms with E-state index in [4.69, 9.17) is 9.15 Å². The van der Waals surface area contributed by atoms with Crippen LogP contribution in [0.3, 0.4) is 0 Å². The van der Waals surface area contributed by atoms with Crippen molar-refractivity contribution in [2.24, 2.45) is 0 Å². The SMILES string of the molecule is O=C(COc1cc(O)c2c(=O)cc(-c3ccccc3)oc2c1)NCCc1cccs1. The average molecular weight is 421 g/mol. The van der Waals surface area contributed by atoms with E-state index in [0.717, 1.165) is 12.0 Å². The minimum Gasteiger partial charge on any atom is -0.507 e. The van der Waals surface area contributed by atoms with Crippen molar-refractivity contribution in [3.63, 3.8) is 0 Å². The van der Waals surface area contributed by atoms with Gasteiger partial charge < -0.3 is 19.6 Å². The monoisotopic (exact) mass is 421 g/mol. The summed E-state index contributed by atoms with van der Waals surface area (Å²) in [5, 5.41) is 15.1. The van der Waals surface area contributed by atoms with Gasteiger partial charge in [0.05, 0.1) is 0 Å². The molecule has 7 heteroatoms. The normalized spacial score (nSPS) is 10.8. The highest BCUT2D eigenvalue weighted by Gasteiger charge is 2.13. The molecule has 0 bridgehead atoms. The highest BCUT2D eigenvalue weighted by Crippen LogP contribution is 2.31. The van der Waals surface area contributed by atoms with Crippen molar-refractivity contribution < 1.29 is 19.1 Å². The molecule has 0 saturated carbocycles. The number of benzene rings is 2. The lowest BCUT2D eigenvalue weighted by atomic mass is 10.1. The molecule has 152 valence electrons. The fraction of sp³-hybridized carbons (Fsp3) is 0.130. The summed E-state index contributed by atoms with van der Waals surface area (Å²) < 4.78 is 11.3. The molecule has 4 rings (SSSR count). The second-order valence-electron chi connectivity index (χ2n) is 6.62. The third-order valence-corrected chi connectivity index (χ3v) is 5.42. The Morgan fingerprint density at radius 1 is 1.10 bits per heavy atom. The lowest BCUT2D eigenvalue weighted by Gasteiger charge is -2.10. The Balaban J connectivity index is 1.47. The first-order chi connectivity index (χ1) is 14.6. The van der Waals surface area contributed by atoms with E-state index in [1.54, 1.807) is 11.3 Å². The zero-order chi connectivity index (χ0) is 20.9. The Morgan fingerprint density at radius 3 is 2.70 bits per heavy atom. The zero-order valence-corrected chi connectivity index (χ0v) is 16.8. The predicted octanol–water partition coefficient (Wildman–Crippen LogP) is 3.96. The molecule has 0 radical (unpaired) electrons. The summed E-state index contributed by atoms with van der Waals surface area (Å²) in [4.78, 5) is 25.7. The molecule has 2 aromatic heterocycles. The van der Waals surface area contributed by atoms with E-state index in [1.807, 2.05) is 47.8 Å². The molecular formula is C23H19NO5S. The Morgan fingerprint density at radius 2 is 1.93 bits per heavy atom. The molecule has 2 aromatic carbocycles. The van der Waals surface area contributed by atoms with Crippen LogP contribution in [-0.4, -0.2) is 24.2 Å². The van der Waals surface area contributed by atoms with Crippen LogP contribution in [0.25, 0.3) is 22.3 Å². The molecule has 0 unspecified atom stereocenters. The number of phenols is 1. The first-order valence-corrected chi connectivity index (χ1v) is 10.3. The fourth-order valence-electron chi connectivity index (χ4n) is 3.05. The lowest BCUT2D eigenvalue weighted by molar-refractivity contribution is -0.123. The quantitative estimate of drug-likeness (QED) is 0.471. The minimum absolute atomic E-state index is 0.0717. The third kappa shape index (κ3) is 4.52. The van der Waals surface area contributed by atoms with E-state index in [2.05, 4.69) is 5.32 Å². The topological polar surface area (TPSA) is 88.8 Å². The zero-order valence-electron chi connectivity index (χ0n) is 16.0. The van der Waals surface area contributed by atoms with Crippen LogP contribution in [0.2, 0.25) is 0 Å². The Labute approximate surface area is 176 Å². The lowest BCUT2D eigenvalue weighted by Crippen LogP contribution is -2.30. The maximum atomic E-state index is 12.5. The first kappa shape index (κ1) is 19.7. The molecule has 30 heavy (non-hydrogen) atoms. The largest absolute Gasteiger partial charge is 0.507 e. The number of thiophene rings is 1. The van der Waals surface area contributed by atoms with Crippen LogP contribution >= 0.6 is 11.3 Å². The molecule has 0 aliphatic rings. The number of carbonyl (C=O) groups is 1. The van der Waals surface area contributed by atoms with Gasteiger partial charge in [-0.1, -0.05) is 36.4 Å². The van der Waals surface area contributed by atoms with Gasteiger partial charge in [0, 0.05) is 35.2 Å². The van der Waals surface area contributed by atoms with Gasteiger partial charge in [-0.05, 0) is 17.9 Å². The highest BCUT2D eigenvalue weighted by atomic mass is 32.1. The summed E-state index contributed by atoms with van der Waals surface area (Å²) in [6.45, 7) is 0.305. The van der Waals surface area contributed by atoms with Crippen molar-refractivity contribution in [3.8, 4) is 22.8 Å². The molecule has 4 aromatic rings. The van der Waals surface area contributed by atoms with Crippen LogP contribution in [0.4, 0.5) is 0 Å². The molecule has 0 spiro atoms. The number of carbonyl (C=O) groups excluding carboxylic acids is 1. The number of rotatable bonds is 7. The van der Waals surface area contributed by atoms with E-state index in [0.29, 0.717) is 12.3 Å². The molecule has 0 atom stereocenters. The standard InChI is InChI=1S/C23H19NO5S/c25-18-11-16(28-14-22(27)24-9-8-17-7-4-10-30-17)12-21-23(18)19(26)13-20(29-21)15-5-2-1-3-6-15/h1-7,10-13,25H,8-9,14H2,(H,24,27). The van der Waals surface area contributed by atoms with Crippen molar-refractivity contribution in [2.75, 3.05) is 13.2 Å². The van der Waals surface area contributed by atoms with Gasteiger partial charge in [-0.25, -0.2) is 0 Å². The fourth-order valence-corrected chi connectivity index (χ4v) is 3.76. The van der Waals surface area contributed by atoms with Gasteiger partial charge in [0.2, 0.25) is 0 Å². The summed E-state index contributed by atoms with van der Waals surface area (Å²) in [6, 6.07) is 17.3. The maximum absolute atomic E-state index is 12.5. The van der Waals surface area contributed by atoms with Crippen LogP contribution in [0.5, 0.6) is 11.5 Å². The molecule has 1 amide bonds. The van der Waals surface area contributed by atoms with Crippen molar-refractivity contribution in [1.82, 2.24) is 5.32 Å². The van der Waals surface area contributed by atoms with Gasteiger partial charge in [-0.2, -0.15) is 0 Å². The third-order valence-electron chi connectivity index (χ3n) is 4.49. The number of nitrogens with one attached hydrogen (secondary N) is 1. The minimum atomic E-state index is -0.356. The number of phenolic OH excluding ortho intramolecular Hbond substituents is 1. The summed E-state index contributed by atoms with van der Waals surface area (Å²) in [5.41, 5.74) is 0.576. The number of hydrogen-bond donors (Lipinski definition) is 2. The number of hydrogen-bond acceptors (Lipinski definition) is 6. The van der Waals surface area contributed by atoms with Gasteiger partial charge in [0.25, 0.3) is 5.91 Å². The van der Waals surface area contributed by atoms with E-state index in [-0.39, 0.29) is 40.4 Å². The Bertz CT molecular complexity index is 1220. The van der Waals surface area contributed by atoms with Crippen LogP contribution in [-0.2, 0) is 11.2 Å². The van der Waals surface area contributed by atoms with Gasteiger partial charge in [-0.15, -0.1) is 11.3 Å². The smallest absolute Gasteiger partial charge is 0.257 e. The van der Waals surface area contributed by atoms with Crippen molar-refractivity contribution in [3.05, 3.63) is 81.1 Å². The second-order valence-corrected chi connectivity index (χ2v) is 7.66. The maximum Gasteiger partial charge on any atom is 0.257 e. The molecule has 6 nitrogen and oxygen atoms in total. The Hall–Kier alpha value is -3.58. The summed E-state index contributed by atoms with van der Waals surface area (Å²) >= 11 is 1.64. The Kier molecular flexibility index (Phi) is 5.81. The summed E-state index contributed by atoms with van der Waals surface area (Å²) in [7, 11) is 0. The van der Waals surface area contributed by atoms with Crippen LogP contribution in [0, 0.1) is 0 Å². The number of fused-ring (bicyclic) bond motifs is 1. The number of ether oxygens (including phenoxy) is 1. The van der Waals surface area contributed by atoms with E-state index in [9.17, 15) is 14.7 Å². The summed E-state index contributed by atoms with van der Waals surface area (Å²) in [6.07, 6.45) is 0.758. The molecule has 0 aliphatic heterocycles. The summed E-state index contributed by atoms with van der Waals surface area (Å²) in [5.74, 6) is 0.0948. The molecule has 0 aliphatic carbocycles. The molecule has 0 fully saturated rings. The van der Waals surface area contributed by atoms with Crippen molar-refractivity contribution in [2.45, 2.75) is 6.42 Å². The van der Waals surface area contributed by atoms with Gasteiger partial charge in [0.1, 0.15) is 28.2 Å². The average Bonchev–Trinajstić information content (AvgIpc) is 3.26. The molecule has 2 N–H and O–H groups in total. The van der Waals surface area contributed by atoms with Gasteiger partial charge in [-0.3, -0.25) is 9.59 Å². The second kappa shape index (κ2) is 8.84. The van der Waals surface area contributed by atoms with E-state index < -0.39 is 0 Å². The first-order valence-electron chi connectivity index (χ1n) is 9.38. The van der Waals surface area contributed by atoms with Crippen LogP contribution in [0.15, 0.2) is 75.3 Å². The van der Waals surface area contributed by atoms with E-state index >= 15 is 0 Å². The highest BCUT2D eigenvalue weighted by molar-refractivity contribution is 7.09. The molecule has 2 heterocycles. The van der Waals surface area contributed by atoms with Crippen LogP contribution in [0.1, 0.15) is 4.88 Å². The number of aromatic hydroxyl groups is 1. The number of amides is 1. The van der Waals surface area contributed by atoms with Gasteiger partial charge in [0.15, 0.2) is 12.0 Å². The van der Waals surface area contributed by atoms with E-state index in [1.165, 1.54) is 23.1 Å². The van der Waals surface area contributed by atoms with Crippen molar-refractivity contribution >= 4 is 28.2 Å². The predicted molar refractivity (Wildman–Crippen MR) is 116 cm³/mol. The van der Waals surface area contributed by atoms with Gasteiger partial charge >= 0.3 is 0 Å². The van der Waals surface area contributed by atoms with Crippen molar-refractivity contribution in [1.29, 1.82) is 0 Å².